The predicted molar refractivity (Wildman–Crippen MR) is 125 cm³/mol. The van der Waals surface area contributed by atoms with E-state index in [2.05, 4.69) is 25.2 Å². The van der Waals surface area contributed by atoms with Crippen LogP contribution in [0.4, 0.5) is 5.69 Å². The van der Waals surface area contributed by atoms with Crippen molar-refractivity contribution in [2.75, 3.05) is 5.32 Å². The maximum Gasteiger partial charge on any atom is 0.267 e. The zero-order valence-electron chi connectivity index (χ0n) is 18.0. The topological polar surface area (TPSA) is 56.1 Å². The smallest absolute Gasteiger partial charge is 0.267 e. The van der Waals surface area contributed by atoms with Gasteiger partial charge >= 0.3 is 0 Å². The van der Waals surface area contributed by atoms with Gasteiger partial charge in [-0.3, -0.25) is 4.79 Å². The molecule has 0 aliphatic rings. The van der Waals surface area contributed by atoms with Gasteiger partial charge in [0.25, 0.3) is 5.91 Å². The molecule has 1 N–H and O–H groups in total. The zero-order chi connectivity index (χ0) is 22.1. The number of carbonyl (C=O) groups is 1. The van der Waals surface area contributed by atoms with Crippen molar-refractivity contribution in [1.82, 2.24) is 4.90 Å². The first-order chi connectivity index (χ1) is 15.0. The lowest BCUT2D eigenvalue weighted by Crippen LogP contribution is -2.21. The standard InChI is InChI=1S/C27H27N3O/c1-21(2)24-13-15-26(16-14-24)29-27(31)25(17-28)20-30(18-22-9-5-3-6-10-22)19-23-11-7-4-8-12-23/h3-16,20-21H,18-19H2,1-2H3,(H,29,31)/b25-20-. The van der Waals surface area contributed by atoms with Crippen molar-refractivity contribution in [2.45, 2.75) is 32.9 Å². The molecule has 3 aromatic carbocycles. The highest BCUT2D eigenvalue weighted by molar-refractivity contribution is 6.06. The van der Waals surface area contributed by atoms with E-state index in [1.54, 1.807) is 6.20 Å². The lowest BCUT2D eigenvalue weighted by Gasteiger charge is -2.21. The molecule has 156 valence electrons. The molecule has 0 aliphatic carbocycles. The fourth-order valence-electron chi connectivity index (χ4n) is 3.25. The van der Waals surface area contributed by atoms with E-state index in [1.165, 1.54) is 5.56 Å². The van der Waals surface area contributed by atoms with Gasteiger partial charge in [-0.15, -0.1) is 0 Å². The summed E-state index contributed by atoms with van der Waals surface area (Å²) < 4.78 is 0. The molecule has 4 heteroatoms. The van der Waals surface area contributed by atoms with E-state index in [1.807, 2.05) is 89.8 Å². The average molecular weight is 410 g/mol. The lowest BCUT2D eigenvalue weighted by atomic mass is 10.0. The molecule has 0 saturated heterocycles. The van der Waals surface area contributed by atoms with Gasteiger partial charge in [-0.1, -0.05) is 86.6 Å². The number of rotatable bonds is 8. The Kier molecular flexibility index (Phi) is 7.61. The van der Waals surface area contributed by atoms with E-state index in [0.717, 1.165) is 11.1 Å². The Morgan fingerprint density at radius 1 is 0.903 bits per heavy atom. The average Bonchev–Trinajstić information content (AvgIpc) is 2.79. The molecule has 0 heterocycles. The van der Waals surface area contributed by atoms with E-state index in [0.29, 0.717) is 24.7 Å². The van der Waals surface area contributed by atoms with Crippen LogP contribution in [-0.2, 0) is 17.9 Å². The Bertz CT molecular complexity index is 1010. The van der Waals surface area contributed by atoms with Crippen molar-refractivity contribution in [3.8, 4) is 6.07 Å². The Labute approximate surface area is 184 Å². The molecule has 31 heavy (non-hydrogen) atoms. The number of nitriles is 1. The summed E-state index contributed by atoms with van der Waals surface area (Å²) in [5.74, 6) is 0.00904. The summed E-state index contributed by atoms with van der Waals surface area (Å²) in [6.07, 6.45) is 1.65. The zero-order valence-corrected chi connectivity index (χ0v) is 18.0. The molecule has 1 amide bonds. The summed E-state index contributed by atoms with van der Waals surface area (Å²) in [5.41, 5.74) is 4.16. The van der Waals surface area contributed by atoms with Crippen molar-refractivity contribution in [1.29, 1.82) is 5.26 Å². The second kappa shape index (κ2) is 10.8. The van der Waals surface area contributed by atoms with Gasteiger partial charge in [-0.05, 0) is 34.7 Å². The molecule has 0 atom stereocenters. The maximum absolute atomic E-state index is 12.8. The highest BCUT2D eigenvalue weighted by Gasteiger charge is 2.13. The van der Waals surface area contributed by atoms with Gasteiger partial charge < -0.3 is 10.2 Å². The highest BCUT2D eigenvalue weighted by atomic mass is 16.1. The summed E-state index contributed by atoms with van der Waals surface area (Å²) in [7, 11) is 0. The van der Waals surface area contributed by atoms with Crippen molar-refractivity contribution in [3.63, 3.8) is 0 Å². The largest absolute Gasteiger partial charge is 0.367 e. The summed E-state index contributed by atoms with van der Waals surface area (Å²) in [4.78, 5) is 14.8. The lowest BCUT2D eigenvalue weighted by molar-refractivity contribution is -0.112. The van der Waals surface area contributed by atoms with E-state index in [4.69, 9.17) is 0 Å². The van der Waals surface area contributed by atoms with Crippen LogP contribution in [-0.4, -0.2) is 10.8 Å². The summed E-state index contributed by atoms with van der Waals surface area (Å²) >= 11 is 0. The van der Waals surface area contributed by atoms with Crippen LogP contribution in [0, 0.1) is 11.3 Å². The molecule has 3 rings (SSSR count). The van der Waals surface area contributed by atoms with Gasteiger partial charge in [-0.25, -0.2) is 0 Å². The highest BCUT2D eigenvalue weighted by Crippen LogP contribution is 2.18. The van der Waals surface area contributed by atoms with Crippen LogP contribution >= 0.6 is 0 Å². The van der Waals surface area contributed by atoms with Gasteiger partial charge in [0.2, 0.25) is 0 Å². The number of amides is 1. The summed E-state index contributed by atoms with van der Waals surface area (Å²) in [5, 5.41) is 12.5. The van der Waals surface area contributed by atoms with Crippen LogP contribution < -0.4 is 5.32 Å². The summed E-state index contributed by atoms with van der Waals surface area (Å²) in [6, 6.07) is 29.8. The molecule has 0 saturated carbocycles. The number of hydrogen-bond donors (Lipinski definition) is 1. The van der Waals surface area contributed by atoms with Crippen LogP contribution in [0.3, 0.4) is 0 Å². The third kappa shape index (κ3) is 6.58. The molecule has 0 unspecified atom stereocenters. The molecular weight excluding hydrogens is 382 g/mol. The van der Waals surface area contributed by atoms with Crippen LogP contribution in [0.2, 0.25) is 0 Å². The Morgan fingerprint density at radius 2 is 1.42 bits per heavy atom. The quantitative estimate of drug-likeness (QED) is 0.374. The monoisotopic (exact) mass is 409 g/mol. The van der Waals surface area contributed by atoms with Crippen molar-refractivity contribution in [3.05, 3.63) is 113 Å². The maximum atomic E-state index is 12.8. The first kappa shape index (κ1) is 21.9. The summed E-state index contributed by atoms with van der Waals surface area (Å²) in [6.45, 7) is 5.44. The number of nitrogens with zero attached hydrogens (tertiary/aromatic N) is 2. The van der Waals surface area contributed by atoms with Crippen LogP contribution in [0.25, 0.3) is 0 Å². The number of benzene rings is 3. The number of hydrogen-bond acceptors (Lipinski definition) is 3. The van der Waals surface area contributed by atoms with Gasteiger partial charge in [0.1, 0.15) is 11.6 Å². The van der Waals surface area contributed by atoms with E-state index >= 15 is 0 Å². The molecule has 0 bridgehead atoms. The molecule has 3 aromatic rings. The third-order valence-corrected chi connectivity index (χ3v) is 4.97. The first-order valence-corrected chi connectivity index (χ1v) is 10.4. The van der Waals surface area contributed by atoms with Gasteiger partial charge in [0.05, 0.1) is 0 Å². The Balaban J connectivity index is 1.79. The van der Waals surface area contributed by atoms with Gasteiger partial charge in [0, 0.05) is 25.0 Å². The molecule has 0 aromatic heterocycles. The molecule has 0 aliphatic heterocycles. The number of carbonyl (C=O) groups excluding carboxylic acids is 1. The van der Waals surface area contributed by atoms with Crippen molar-refractivity contribution in [2.24, 2.45) is 0 Å². The van der Waals surface area contributed by atoms with Gasteiger partial charge in [0.15, 0.2) is 0 Å². The minimum atomic E-state index is -0.411. The normalized spacial score (nSPS) is 11.1. The molecule has 0 radical (unpaired) electrons. The molecule has 0 spiro atoms. The second-order valence-corrected chi connectivity index (χ2v) is 7.76. The molecule has 4 nitrogen and oxygen atoms in total. The van der Waals surface area contributed by atoms with Crippen molar-refractivity contribution < 1.29 is 4.79 Å². The fraction of sp³-hybridized carbons (Fsp3) is 0.185. The number of nitrogens with one attached hydrogen (secondary N) is 1. The minimum absolute atomic E-state index is 0.0693. The first-order valence-electron chi connectivity index (χ1n) is 10.4. The van der Waals surface area contributed by atoms with Gasteiger partial charge in [-0.2, -0.15) is 5.26 Å². The van der Waals surface area contributed by atoms with Crippen LogP contribution in [0.5, 0.6) is 0 Å². The Hall–Kier alpha value is -3.84. The number of anilines is 1. The predicted octanol–water partition coefficient (Wildman–Crippen LogP) is 5.86. The van der Waals surface area contributed by atoms with Crippen LogP contribution in [0.1, 0.15) is 36.5 Å². The molecule has 0 fully saturated rings. The third-order valence-electron chi connectivity index (χ3n) is 4.97. The second-order valence-electron chi connectivity index (χ2n) is 7.76. The van der Waals surface area contributed by atoms with Crippen molar-refractivity contribution >= 4 is 11.6 Å². The van der Waals surface area contributed by atoms with E-state index < -0.39 is 5.91 Å². The SMILES string of the molecule is CC(C)c1ccc(NC(=O)/C(C#N)=C\N(Cc2ccccc2)Cc2ccccc2)cc1. The Morgan fingerprint density at radius 3 is 1.87 bits per heavy atom. The minimum Gasteiger partial charge on any atom is -0.367 e. The van der Waals surface area contributed by atoms with E-state index in [9.17, 15) is 10.1 Å². The fourth-order valence-corrected chi connectivity index (χ4v) is 3.25. The van der Waals surface area contributed by atoms with E-state index in [-0.39, 0.29) is 5.57 Å². The van der Waals surface area contributed by atoms with Crippen LogP contribution in [0.15, 0.2) is 96.7 Å². The molecular formula is C27H27N3O.